The number of carboxylic acid groups (broad SMARTS) is 1. The Bertz CT molecular complexity index is 1170. The van der Waals surface area contributed by atoms with Gasteiger partial charge in [-0.15, -0.1) is 0 Å². The van der Waals surface area contributed by atoms with E-state index in [4.69, 9.17) is 5.11 Å². The maximum atomic E-state index is 12.8. The molecular weight excluding hydrogens is 386 g/mol. The average molecular weight is 410 g/mol. The van der Waals surface area contributed by atoms with E-state index in [0.717, 1.165) is 41.2 Å². The van der Waals surface area contributed by atoms with Crippen LogP contribution in [-0.4, -0.2) is 26.0 Å². The van der Waals surface area contributed by atoms with E-state index in [0.29, 0.717) is 6.54 Å². The minimum absolute atomic E-state index is 0.00649. The second-order valence-corrected chi connectivity index (χ2v) is 9.41. The number of sulfonamides is 1. The summed E-state index contributed by atoms with van der Waals surface area (Å²) in [5, 5.41) is 10.9. The van der Waals surface area contributed by atoms with Gasteiger partial charge in [0, 0.05) is 6.54 Å². The Labute approximate surface area is 170 Å². The molecule has 4 rings (SSSR count). The number of fused-ring (bicyclic) bond motifs is 2. The zero-order valence-electron chi connectivity index (χ0n) is 16.0. The van der Waals surface area contributed by atoms with Crippen LogP contribution in [0.4, 0.5) is 0 Å². The van der Waals surface area contributed by atoms with Crippen LogP contribution in [0.15, 0.2) is 65.6 Å². The van der Waals surface area contributed by atoms with Crippen molar-refractivity contribution >= 4 is 26.8 Å². The number of hydrogen-bond acceptors (Lipinski definition) is 3. The van der Waals surface area contributed by atoms with Crippen LogP contribution >= 0.6 is 0 Å². The van der Waals surface area contributed by atoms with Crippen LogP contribution in [0.25, 0.3) is 10.8 Å². The number of benzene rings is 3. The molecule has 0 bridgehead atoms. The summed E-state index contributed by atoms with van der Waals surface area (Å²) in [6.45, 7) is 0.373. The first-order valence-corrected chi connectivity index (χ1v) is 11.2. The molecule has 0 saturated heterocycles. The van der Waals surface area contributed by atoms with E-state index in [1.54, 1.807) is 12.1 Å². The van der Waals surface area contributed by atoms with Crippen LogP contribution in [0.1, 0.15) is 23.1 Å². The quantitative estimate of drug-likeness (QED) is 0.652. The first-order chi connectivity index (χ1) is 13.9. The number of aliphatic carboxylic acids is 1. The smallest absolute Gasteiger partial charge is 0.307 e. The summed E-state index contributed by atoms with van der Waals surface area (Å²) in [7, 11) is -3.58. The molecule has 2 N–H and O–H groups in total. The summed E-state index contributed by atoms with van der Waals surface area (Å²) in [5.41, 5.74) is 3.14. The van der Waals surface area contributed by atoms with Crippen molar-refractivity contribution in [2.24, 2.45) is 5.92 Å². The SMILES string of the molecule is O=C(O)Cc1ccc2c(c1)CC(CNS(=O)(=O)c1ccc3ccccc3c1)CC2. The lowest BCUT2D eigenvalue weighted by Crippen LogP contribution is -2.32. The molecule has 0 fully saturated rings. The molecule has 0 heterocycles. The minimum Gasteiger partial charge on any atom is -0.481 e. The van der Waals surface area contributed by atoms with Gasteiger partial charge in [0.1, 0.15) is 0 Å². The van der Waals surface area contributed by atoms with Crippen molar-refractivity contribution in [1.29, 1.82) is 0 Å². The number of aryl methyl sites for hydroxylation is 1. The first kappa shape index (κ1) is 19.6. The van der Waals surface area contributed by atoms with Crippen molar-refractivity contribution in [3.63, 3.8) is 0 Å². The van der Waals surface area contributed by atoms with Crippen LogP contribution in [-0.2, 0) is 34.1 Å². The highest BCUT2D eigenvalue weighted by atomic mass is 32.2. The number of nitrogens with one attached hydrogen (secondary N) is 1. The molecule has 6 heteroatoms. The van der Waals surface area contributed by atoms with E-state index in [-0.39, 0.29) is 17.2 Å². The van der Waals surface area contributed by atoms with Gasteiger partial charge in [0.2, 0.25) is 10.0 Å². The highest BCUT2D eigenvalue weighted by Crippen LogP contribution is 2.27. The first-order valence-electron chi connectivity index (χ1n) is 9.72. The highest BCUT2D eigenvalue weighted by molar-refractivity contribution is 7.89. The van der Waals surface area contributed by atoms with E-state index in [1.807, 2.05) is 48.5 Å². The molecule has 5 nitrogen and oxygen atoms in total. The fraction of sp³-hybridized carbons (Fsp3) is 0.261. The summed E-state index contributed by atoms with van der Waals surface area (Å²) < 4.78 is 28.3. The van der Waals surface area contributed by atoms with Gasteiger partial charge in [-0.2, -0.15) is 0 Å². The summed E-state index contributed by atoms with van der Waals surface area (Å²) in [6, 6.07) is 18.7. The molecule has 1 aliphatic rings. The van der Waals surface area contributed by atoms with Crippen molar-refractivity contribution < 1.29 is 18.3 Å². The Morgan fingerprint density at radius 3 is 2.59 bits per heavy atom. The topological polar surface area (TPSA) is 83.5 Å². The van der Waals surface area contributed by atoms with Crippen LogP contribution in [0, 0.1) is 5.92 Å². The Morgan fingerprint density at radius 1 is 1.00 bits per heavy atom. The molecular formula is C23H23NO4S. The van der Waals surface area contributed by atoms with E-state index in [9.17, 15) is 13.2 Å². The molecule has 0 saturated carbocycles. The summed E-state index contributed by atoms with van der Waals surface area (Å²) in [6.07, 6.45) is 2.55. The van der Waals surface area contributed by atoms with Gasteiger partial charge in [-0.3, -0.25) is 4.79 Å². The number of carboxylic acids is 1. The summed E-state index contributed by atoms with van der Waals surface area (Å²) in [4.78, 5) is 11.2. The van der Waals surface area contributed by atoms with Crippen molar-refractivity contribution in [3.8, 4) is 0 Å². The third kappa shape index (κ3) is 4.49. The van der Waals surface area contributed by atoms with Crippen molar-refractivity contribution in [2.45, 2.75) is 30.6 Å². The van der Waals surface area contributed by atoms with Gasteiger partial charge < -0.3 is 5.11 Å². The zero-order valence-corrected chi connectivity index (χ0v) is 16.8. The second-order valence-electron chi connectivity index (χ2n) is 7.64. The van der Waals surface area contributed by atoms with Crippen LogP contribution in [0.5, 0.6) is 0 Å². The molecule has 0 radical (unpaired) electrons. The molecule has 150 valence electrons. The number of hydrogen-bond donors (Lipinski definition) is 2. The van der Waals surface area contributed by atoms with Gasteiger partial charge in [0.25, 0.3) is 0 Å². The lowest BCUT2D eigenvalue weighted by molar-refractivity contribution is -0.136. The average Bonchev–Trinajstić information content (AvgIpc) is 2.71. The van der Waals surface area contributed by atoms with Crippen LogP contribution in [0.3, 0.4) is 0 Å². The molecule has 0 amide bonds. The van der Waals surface area contributed by atoms with Gasteiger partial charge >= 0.3 is 5.97 Å². The van der Waals surface area contributed by atoms with Gasteiger partial charge in [0.15, 0.2) is 0 Å². The Morgan fingerprint density at radius 2 is 1.79 bits per heavy atom. The fourth-order valence-corrected chi connectivity index (χ4v) is 5.14. The van der Waals surface area contributed by atoms with E-state index in [1.165, 1.54) is 5.56 Å². The largest absolute Gasteiger partial charge is 0.481 e. The van der Waals surface area contributed by atoms with Crippen LogP contribution < -0.4 is 4.72 Å². The maximum absolute atomic E-state index is 12.8. The van der Waals surface area contributed by atoms with E-state index in [2.05, 4.69) is 4.72 Å². The standard InChI is InChI=1S/C23H23NO4S/c25-23(26)13-16-5-7-19-8-6-17(12-21(19)11-16)15-24-29(27,28)22-10-9-18-3-1-2-4-20(18)14-22/h1-5,7,9-11,14,17,24H,6,8,12-13,15H2,(H,25,26). The maximum Gasteiger partial charge on any atom is 0.307 e. The lowest BCUT2D eigenvalue weighted by atomic mass is 9.83. The van der Waals surface area contributed by atoms with Gasteiger partial charge in [-0.25, -0.2) is 13.1 Å². The molecule has 0 aromatic heterocycles. The molecule has 1 unspecified atom stereocenters. The fourth-order valence-electron chi connectivity index (χ4n) is 3.99. The van der Waals surface area contributed by atoms with Crippen LogP contribution in [0.2, 0.25) is 0 Å². The second kappa shape index (κ2) is 7.97. The molecule has 0 aliphatic heterocycles. The number of carbonyl (C=O) groups is 1. The Balaban J connectivity index is 1.45. The highest BCUT2D eigenvalue weighted by Gasteiger charge is 2.22. The van der Waals surface area contributed by atoms with E-state index >= 15 is 0 Å². The molecule has 0 spiro atoms. The molecule has 3 aromatic rings. The summed E-state index contributed by atoms with van der Waals surface area (Å²) in [5.74, 6) is -0.654. The zero-order chi connectivity index (χ0) is 20.4. The number of rotatable bonds is 6. The van der Waals surface area contributed by atoms with Gasteiger partial charge in [-0.1, -0.05) is 48.5 Å². The molecule has 3 aromatic carbocycles. The monoisotopic (exact) mass is 409 g/mol. The van der Waals surface area contributed by atoms with Gasteiger partial charge in [-0.05, 0) is 64.8 Å². The summed E-state index contributed by atoms with van der Waals surface area (Å²) >= 11 is 0. The van der Waals surface area contributed by atoms with Crippen molar-refractivity contribution in [2.75, 3.05) is 6.54 Å². The third-order valence-corrected chi connectivity index (χ3v) is 6.97. The molecule has 29 heavy (non-hydrogen) atoms. The molecule has 1 atom stereocenters. The molecule has 1 aliphatic carbocycles. The van der Waals surface area contributed by atoms with E-state index < -0.39 is 16.0 Å². The Kier molecular flexibility index (Phi) is 5.39. The van der Waals surface area contributed by atoms with Crippen molar-refractivity contribution in [1.82, 2.24) is 4.72 Å². The normalized spacial score (nSPS) is 16.5. The van der Waals surface area contributed by atoms with Gasteiger partial charge in [0.05, 0.1) is 11.3 Å². The lowest BCUT2D eigenvalue weighted by Gasteiger charge is -2.25. The Hall–Kier alpha value is -2.70. The predicted octanol–water partition coefficient (Wildman–Crippen LogP) is 3.55. The minimum atomic E-state index is -3.58. The predicted molar refractivity (Wildman–Crippen MR) is 112 cm³/mol. The third-order valence-electron chi connectivity index (χ3n) is 5.55. The van der Waals surface area contributed by atoms with Crippen molar-refractivity contribution in [3.05, 3.63) is 77.4 Å².